The minimum absolute atomic E-state index is 0.200. The van der Waals surface area contributed by atoms with Gasteiger partial charge >= 0.3 is 0 Å². The van der Waals surface area contributed by atoms with Crippen LogP contribution in [0.15, 0.2) is 12.4 Å². The molecular formula is C9H15N3O2. The number of aliphatic hydroxyl groups is 1. The van der Waals surface area contributed by atoms with Gasteiger partial charge in [0.2, 0.25) is 5.88 Å². The number of nitrogens with zero attached hydrogens (tertiary/aromatic N) is 2. The molecule has 1 aromatic heterocycles. The summed E-state index contributed by atoms with van der Waals surface area (Å²) in [6.45, 7) is 0.758. The molecule has 0 aromatic carbocycles. The van der Waals surface area contributed by atoms with Gasteiger partial charge < -0.3 is 15.2 Å². The molecule has 0 amide bonds. The van der Waals surface area contributed by atoms with E-state index in [1.165, 1.54) is 0 Å². The Morgan fingerprint density at radius 3 is 3.00 bits per heavy atom. The molecule has 78 valence electrons. The number of aliphatic hydroxyl groups excluding tert-OH is 1. The number of nitrogens with one attached hydrogen (secondary N) is 1. The van der Waals surface area contributed by atoms with E-state index >= 15 is 0 Å². The van der Waals surface area contributed by atoms with E-state index in [1.807, 2.05) is 0 Å². The van der Waals surface area contributed by atoms with Crippen LogP contribution < -0.4 is 10.1 Å². The SMILES string of the molecule is CNc1cncc(OCCCCO)n1. The number of ether oxygens (including phenoxy) is 1. The monoisotopic (exact) mass is 197 g/mol. The summed E-state index contributed by atoms with van der Waals surface area (Å²) >= 11 is 0. The summed E-state index contributed by atoms with van der Waals surface area (Å²) in [5.74, 6) is 1.19. The van der Waals surface area contributed by atoms with Gasteiger partial charge in [-0.3, -0.25) is 4.98 Å². The van der Waals surface area contributed by atoms with Crippen LogP contribution in [-0.2, 0) is 0 Å². The Morgan fingerprint density at radius 1 is 1.43 bits per heavy atom. The lowest BCUT2D eigenvalue weighted by atomic mass is 10.3. The molecule has 0 aliphatic rings. The average Bonchev–Trinajstić information content (AvgIpc) is 2.25. The molecule has 1 heterocycles. The van der Waals surface area contributed by atoms with E-state index in [4.69, 9.17) is 9.84 Å². The predicted octanol–water partition coefficient (Wildman–Crippen LogP) is 0.670. The van der Waals surface area contributed by atoms with Crippen LogP contribution >= 0.6 is 0 Å². The minimum Gasteiger partial charge on any atom is -0.477 e. The summed E-state index contributed by atoms with van der Waals surface area (Å²) in [6, 6.07) is 0. The summed E-state index contributed by atoms with van der Waals surface area (Å²) < 4.78 is 5.33. The van der Waals surface area contributed by atoms with Crippen molar-refractivity contribution in [2.24, 2.45) is 0 Å². The lowest BCUT2D eigenvalue weighted by molar-refractivity contribution is 0.249. The Labute approximate surface area is 83.2 Å². The third-order valence-electron chi connectivity index (χ3n) is 1.67. The molecule has 0 atom stereocenters. The Morgan fingerprint density at radius 2 is 2.29 bits per heavy atom. The topological polar surface area (TPSA) is 67.3 Å². The van der Waals surface area contributed by atoms with Gasteiger partial charge in [-0.05, 0) is 12.8 Å². The highest BCUT2D eigenvalue weighted by Crippen LogP contribution is 2.08. The van der Waals surface area contributed by atoms with Crippen LogP contribution in [0.2, 0.25) is 0 Å². The molecule has 0 fully saturated rings. The van der Waals surface area contributed by atoms with Gasteiger partial charge in [0.05, 0.1) is 19.0 Å². The fourth-order valence-corrected chi connectivity index (χ4v) is 0.929. The lowest BCUT2D eigenvalue weighted by Gasteiger charge is -2.05. The number of unbranched alkanes of at least 4 members (excludes halogenated alkanes) is 1. The zero-order valence-electron chi connectivity index (χ0n) is 8.23. The highest BCUT2D eigenvalue weighted by Gasteiger charge is 1.97. The summed E-state index contributed by atoms with van der Waals surface area (Å²) in [5, 5.41) is 11.4. The summed E-state index contributed by atoms with van der Waals surface area (Å²) in [6.07, 6.45) is 4.77. The number of hydrogen-bond donors (Lipinski definition) is 2. The maximum atomic E-state index is 8.55. The Hall–Kier alpha value is -1.36. The van der Waals surface area contributed by atoms with Gasteiger partial charge in [-0.1, -0.05) is 0 Å². The van der Waals surface area contributed by atoms with Crippen LogP contribution in [0.25, 0.3) is 0 Å². The molecule has 0 saturated carbocycles. The largest absolute Gasteiger partial charge is 0.477 e. The number of hydrogen-bond acceptors (Lipinski definition) is 5. The van der Waals surface area contributed by atoms with Crippen molar-refractivity contribution in [3.8, 4) is 5.88 Å². The second-order valence-electron chi connectivity index (χ2n) is 2.77. The third kappa shape index (κ3) is 3.57. The molecule has 0 aliphatic carbocycles. The number of rotatable bonds is 6. The van der Waals surface area contributed by atoms with E-state index in [0.29, 0.717) is 18.3 Å². The second-order valence-corrected chi connectivity index (χ2v) is 2.77. The van der Waals surface area contributed by atoms with Gasteiger partial charge in [-0.2, -0.15) is 4.98 Å². The molecule has 0 spiro atoms. The summed E-state index contributed by atoms with van der Waals surface area (Å²) in [7, 11) is 1.78. The zero-order valence-corrected chi connectivity index (χ0v) is 8.23. The molecule has 2 N–H and O–H groups in total. The molecule has 0 unspecified atom stereocenters. The van der Waals surface area contributed by atoms with E-state index in [0.717, 1.165) is 12.8 Å². The average molecular weight is 197 g/mol. The van der Waals surface area contributed by atoms with Crippen LogP contribution in [0.5, 0.6) is 5.88 Å². The fourth-order valence-electron chi connectivity index (χ4n) is 0.929. The highest BCUT2D eigenvalue weighted by molar-refractivity contribution is 5.31. The first-order chi connectivity index (χ1) is 6.86. The van der Waals surface area contributed by atoms with Crippen molar-refractivity contribution >= 4 is 5.82 Å². The van der Waals surface area contributed by atoms with Crippen LogP contribution in [0.3, 0.4) is 0 Å². The smallest absolute Gasteiger partial charge is 0.234 e. The van der Waals surface area contributed by atoms with Crippen LogP contribution in [-0.4, -0.2) is 35.3 Å². The Balaban J connectivity index is 2.34. The van der Waals surface area contributed by atoms with Crippen LogP contribution in [0.1, 0.15) is 12.8 Å². The molecule has 5 heteroatoms. The van der Waals surface area contributed by atoms with E-state index < -0.39 is 0 Å². The van der Waals surface area contributed by atoms with Crippen molar-refractivity contribution in [1.82, 2.24) is 9.97 Å². The van der Waals surface area contributed by atoms with Gasteiger partial charge in [0.25, 0.3) is 0 Å². The van der Waals surface area contributed by atoms with E-state index in [1.54, 1.807) is 19.4 Å². The van der Waals surface area contributed by atoms with Crippen molar-refractivity contribution in [3.05, 3.63) is 12.4 Å². The van der Waals surface area contributed by atoms with Crippen molar-refractivity contribution in [1.29, 1.82) is 0 Å². The molecule has 1 aromatic rings. The number of aromatic nitrogens is 2. The van der Waals surface area contributed by atoms with Gasteiger partial charge in [-0.15, -0.1) is 0 Å². The van der Waals surface area contributed by atoms with Crippen LogP contribution in [0.4, 0.5) is 5.82 Å². The van der Waals surface area contributed by atoms with E-state index in [2.05, 4.69) is 15.3 Å². The fraction of sp³-hybridized carbons (Fsp3) is 0.556. The maximum Gasteiger partial charge on any atom is 0.234 e. The van der Waals surface area contributed by atoms with Crippen molar-refractivity contribution in [2.75, 3.05) is 25.6 Å². The molecule has 14 heavy (non-hydrogen) atoms. The van der Waals surface area contributed by atoms with Crippen molar-refractivity contribution in [3.63, 3.8) is 0 Å². The quantitative estimate of drug-likeness (QED) is 0.656. The third-order valence-corrected chi connectivity index (χ3v) is 1.67. The lowest BCUT2D eigenvalue weighted by Crippen LogP contribution is -2.02. The molecule has 1 rings (SSSR count). The summed E-state index contributed by atoms with van der Waals surface area (Å²) in [5.41, 5.74) is 0. The van der Waals surface area contributed by atoms with E-state index in [9.17, 15) is 0 Å². The standard InChI is InChI=1S/C9H15N3O2/c1-10-8-6-11-7-9(12-8)14-5-3-2-4-13/h6-7,13H,2-5H2,1H3,(H,10,12). The van der Waals surface area contributed by atoms with Gasteiger partial charge in [0.1, 0.15) is 5.82 Å². The van der Waals surface area contributed by atoms with E-state index in [-0.39, 0.29) is 6.61 Å². The Kier molecular flexibility index (Phi) is 4.71. The molecular weight excluding hydrogens is 182 g/mol. The first-order valence-corrected chi connectivity index (χ1v) is 4.60. The van der Waals surface area contributed by atoms with Gasteiger partial charge in [0.15, 0.2) is 0 Å². The normalized spacial score (nSPS) is 9.86. The maximum absolute atomic E-state index is 8.55. The number of anilines is 1. The molecule has 0 radical (unpaired) electrons. The van der Waals surface area contributed by atoms with Crippen molar-refractivity contribution < 1.29 is 9.84 Å². The minimum atomic E-state index is 0.200. The zero-order chi connectivity index (χ0) is 10.2. The molecule has 5 nitrogen and oxygen atoms in total. The molecule has 0 saturated heterocycles. The Bertz CT molecular complexity index is 268. The van der Waals surface area contributed by atoms with Gasteiger partial charge in [-0.25, -0.2) is 0 Å². The second kappa shape index (κ2) is 6.15. The van der Waals surface area contributed by atoms with Gasteiger partial charge in [0, 0.05) is 13.7 Å². The highest BCUT2D eigenvalue weighted by atomic mass is 16.5. The first kappa shape index (κ1) is 10.7. The molecule has 0 bridgehead atoms. The first-order valence-electron chi connectivity index (χ1n) is 4.60. The molecule has 0 aliphatic heterocycles. The van der Waals surface area contributed by atoms with Crippen molar-refractivity contribution in [2.45, 2.75) is 12.8 Å². The summed E-state index contributed by atoms with van der Waals surface area (Å²) in [4.78, 5) is 8.09. The predicted molar refractivity (Wildman–Crippen MR) is 53.4 cm³/mol. The van der Waals surface area contributed by atoms with Crippen LogP contribution in [0, 0.1) is 0 Å².